The minimum absolute atomic E-state index is 0.339. The van der Waals surface area contributed by atoms with E-state index in [2.05, 4.69) is 20.4 Å². The van der Waals surface area contributed by atoms with Crippen molar-refractivity contribution in [2.75, 3.05) is 26.6 Å². The first kappa shape index (κ1) is 20.1. The van der Waals surface area contributed by atoms with Crippen molar-refractivity contribution in [3.05, 3.63) is 46.9 Å². The Labute approximate surface area is 168 Å². The molecule has 0 bridgehead atoms. The zero-order chi connectivity index (χ0) is 21.1. The Hall–Kier alpha value is -3.62. The van der Waals surface area contributed by atoms with Gasteiger partial charge in [0.25, 0.3) is 11.9 Å². The maximum atomic E-state index is 12.9. The van der Waals surface area contributed by atoms with Gasteiger partial charge in [-0.2, -0.15) is 9.78 Å². The number of ether oxygens (including phenoxy) is 3. The molecule has 0 aliphatic rings. The number of carbonyl (C=O) groups is 1. The number of anilines is 1. The van der Waals surface area contributed by atoms with E-state index >= 15 is 0 Å². The van der Waals surface area contributed by atoms with Crippen molar-refractivity contribution in [2.45, 2.75) is 20.8 Å². The predicted octanol–water partition coefficient (Wildman–Crippen LogP) is 2.87. The second-order valence-electron chi connectivity index (χ2n) is 6.40. The monoisotopic (exact) mass is 397 g/mol. The van der Waals surface area contributed by atoms with Gasteiger partial charge in [0.2, 0.25) is 5.75 Å². The molecule has 0 saturated heterocycles. The Bertz CT molecular complexity index is 1020. The van der Waals surface area contributed by atoms with Crippen molar-refractivity contribution in [3.8, 4) is 23.2 Å². The van der Waals surface area contributed by atoms with E-state index in [4.69, 9.17) is 14.2 Å². The summed E-state index contributed by atoms with van der Waals surface area (Å²) >= 11 is 0. The molecule has 0 aliphatic heterocycles. The number of aromatic nitrogens is 4. The highest BCUT2D eigenvalue weighted by molar-refractivity contribution is 6.04. The molecule has 0 saturated carbocycles. The molecule has 0 spiro atoms. The highest BCUT2D eigenvalue weighted by Crippen LogP contribution is 2.38. The number of nitrogens with one attached hydrogen (secondary N) is 1. The third-order valence-corrected chi connectivity index (χ3v) is 4.16. The molecule has 1 aromatic carbocycles. The average Bonchev–Trinajstić information content (AvgIpc) is 3.05. The largest absolute Gasteiger partial charge is 0.493 e. The number of aryl methyl sites for hydroxylation is 3. The van der Waals surface area contributed by atoms with Crippen molar-refractivity contribution in [3.63, 3.8) is 0 Å². The van der Waals surface area contributed by atoms with Gasteiger partial charge < -0.3 is 19.5 Å². The van der Waals surface area contributed by atoms with Crippen LogP contribution < -0.4 is 19.5 Å². The summed E-state index contributed by atoms with van der Waals surface area (Å²) in [7, 11) is 4.49. The SMILES string of the molecule is COc1cc(C(=O)Nc2cc(C)nn2-c2nc(C)cc(C)n2)cc(OC)c1OC. The molecule has 0 unspecified atom stereocenters. The lowest BCUT2D eigenvalue weighted by atomic mass is 10.1. The Kier molecular flexibility index (Phi) is 5.67. The van der Waals surface area contributed by atoms with Crippen LogP contribution in [0.3, 0.4) is 0 Å². The second kappa shape index (κ2) is 8.17. The summed E-state index contributed by atoms with van der Waals surface area (Å²) in [5, 5.41) is 7.27. The van der Waals surface area contributed by atoms with Gasteiger partial charge in [-0.15, -0.1) is 0 Å². The lowest BCUT2D eigenvalue weighted by Crippen LogP contribution is -2.17. The Morgan fingerprint density at radius 3 is 1.97 bits per heavy atom. The minimum Gasteiger partial charge on any atom is -0.493 e. The van der Waals surface area contributed by atoms with Gasteiger partial charge in [-0.1, -0.05) is 0 Å². The number of rotatable bonds is 6. The van der Waals surface area contributed by atoms with E-state index in [1.807, 2.05) is 26.8 Å². The molecule has 1 N–H and O–H groups in total. The van der Waals surface area contributed by atoms with Crippen molar-refractivity contribution in [1.29, 1.82) is 0 Å². The third-order valence-electron chi connectivity index (χ3n) is 4.16. The summed E-state index contributed by atoms with van der Waals surface area (Å²) in [5.41, 5.74) is 2.67. The number of hydrogen-bond acceptors (Lipinski definition) is 7. The Balaban J connectivity index is 1.98. The van der Waals surface area contributed by atoms with E-state index in [0.29, 0.717) is 40.3 Å². The van der Waals surface area contributed by atoms with Crippen molar-refractivity contribution < 1.29 is 19.0 Å². The van der Waals surface area contributed by atoms with Crippen LogP contribution in [0.5, 0.6) is 17.2 Å². The molecule has 0 radical (unpaired) electrons. The molecule has 0 atom stereocenters. The summed E-state index contributed by atoms with van der Waals surface area (Å²) in [6.45, 7) is 5.58. The molecular weight excluding hydrogens is 374 g/mol. The fourth-order valence-electron chi connectivity index (χ4n) is 2.94. The number of methoxy groups -OCH3 is 3. The van der Waals surface area contributed by atoms with Crippen molar-refractivity contribution in [1.82, 2.24) is 19.7 Å². The standard InChI is InChI=1S/C20H23N5O4/c1-11-7-12(2)22-20(21-11)25-17(8-13(3)24-25)23-19(26)14-9-15(27-4)18(29-6)16(10-14)28-5/h7-10H,1-6H3,(H,23,26). The summed E-state index contributed by atoms with van der Waals surface area (Å²) < 4.78 is 17.4. The molecule has 0 aliphatic carbocycles. The first-order valence-electron chi connectivity index (χ1n) is 8.87. The Morgan fingerprint density at radius 2 is 1.45 bits per heavy atom. The first-order valence-corrected chi connectivity index (χ1v) is 8.87. The molecule has 1 amide bonds. The number of carbonyl (C=O) groups excluding carboxylic acids is 1. The lowest BCUT2D eigenvalue weighted by molar-refractivity contribution is 0.102. The van der Waals surface area contributed by atoms with Crippen LogP contribution in [0.25, 0.3) is 5.95 Å². The highest BCUT2D eigenvalue weighted by Gasteiger charge is 2.19. The zero-order valence-electron chi connectivity index (χ0n) is 17.2. The molecule has 3 aromatic rings. The minimum atomic E-state index is -0.366. The number of benzene rings is 1. The number of amides is 1. The topological polar surface area (TPSA) is 100 Å². The molecule has 29 heavy (non-hydrogen) atoms. The van der Waals surface area contributed by atoms with Crippen LogP contribution in [-0.4, -0.2) is 47.0 Å². The molecular formula is C20H23N5O4. The maximum absolute atomic E-state index is 12.9. The predicted molar refractivity (Wildman–Crippen MR) is 107 cm³/mol. The van der Waals surface area contributed by atoms with Gasteiger partial charge in [-0.25, -0.2) is 9.97 Å². The van der Waals surface area contributed by atoms with E-state index < -0.39 is 0 Å². The van der Waals surface area contributed by atoms with Crippen LogP contribution in [0.4, 0.5) is 5.82 Å². The summed E-state index contributed by atoms with van der Waals surface area (Å²) in [6.07, 6.45) is 0. The number of hydrogen-bond donors (Lipinski definition) is 1. The molecule has 2 heterocycles. The normalized spacial score (nSPS) is 10.6. The average molecular weight is 397 g/mol. The molecule has 9 nitrogen and oxygen atoms in total. The zero-order valence-corrected chi connectivity index (χ0v) is 17.2. The van der Waals surface area contributed by atoms with Gasteiger partial charge in [-0.05, 0) is 39.0 Å². The third kappa shape index (κ3) is 4.13. The summed E-state index contributed by atoms with van der Waals surface area (Å²) in [6, 6.07) is 6.78. The van der Waals surface area contributed by atoms with E-state index in [9.17, 15) is 4.79 Å². The van der Waals surface area contributed by atoms with Gasteiger partial charge >= 0.3 is 0 Å². The van der Waals surface area contributed by atoms with Crippen LogP contribution in [0.1, 0.15) is 27.4 Å². The van der Waals surface area contributed by atoms with Crippen LogP contribution in [0, 0.1) is 20.8 Å². The van der Waals surface area contributed by atoms with E-state index in [-0.39, 0.29) is 5.91 Å². The van der Waals surface area contributed by atoms with Crippen molar-refractivity contribution in [2.24, 2.45) is 0 Å². The second-order valence-corrected chi connectivity index (χ2v) is 6.40. The van der Waals surface area contributed by atoms with Crippen LogP contribution in [-0.2, 0) is 0 Å². The van der Waals surface area contributed by atoms with Crippen LogP contribution in [0.15, 0.2) is 24.3 Å². The molecule has 0 fully saturated rings. The van der Waals surface area contributed by atoms with E-state index in [0.717, 1.165) is 11.4 Å². The van der Waals surface area contributed by atoms with E-state index in [1.165, 1.54) is 26.0 Å². The molecule has 152 valence electrons. The number of nitrogens with zero attached hydrogens (tertiary/aromatic N) is 4. The van der Waals surface area contributed by atoms with Gasteiger partial charge in [-0.3, -0.25) is 4.79 Å². The van der Waals surface area contributed by atoms with Crippen LogP contribution in [0.2, 0.25) is 0 Å². The quantitative estimate of drug-likeness (QED) is 0.682. The first-order chi connectivity index (χ1) is 13.9. The van der Waals surface area contributed by atoms with Crippen LogP contribution >= 0.6 is 0 Å². The fourth-order valence-corrected chi connectivity index (χ4v) is 2.94. The summed E-state index contributed by atoms with van der Waals surface area (Å²) in [4.78, 5) is 21.8. The lowest BCUT2D eigenvalue weighted by Gasteiger charge is -2.14. The van der Waals surface area contributed by atoms with Gasteiger partial charge in [0.05, 0.1) is 27.0 Å². The van der Waals surface area contributed by atoms with Gasteiger partial charge in [0, 0.05) is 23.0 Å². The smallest absolute Gasteiger partial charge is 0.257 e. The molecule has 3 rings (SSSR count). The van der Waals surface area contributed by atoms with Crippen molar-refractivity contribution >= 4 is 11.7 Å². The highest BCUT2D eigenvalue weighted by atomic mass is 16.5. The van der Waals surface area contributed by atoms with Gasteiger partial charge in [0.15, 0.2) is 11.5 Å². The Morgan fingerprint density at radius 1 is 0.862 bits per heavy atom. The summed E-state index contributed by atoms with van der Waals surface area (Å²) in [5.74, 6) is 1.66. The van der Waals surface area contributed by atoms with Gasteiger partial charge in [0.1, 0.15) is 5.82 Å². The maximum Gasteiger partial charge on any atom is 0.257 e. The van der Waals surface area contributed by atoms with E-state index in [1.54, 1.807) is 18.2 Å². The molecule has 2 aromatic heterocycles. The fraction of sp³-hybridized carbons (Fsp3) is 0.300. The molecule has 9 heteroatoms.